The molecule has 2 aromatic rings. The summed E-state index contributed by atoms with van der Waals surface area (Å²) in [5.41, 5.74) is 1.49. The molecule has 0 aliphatic heterocycles. The molecule has 1 aromatic heterocycles. The first kappa shape index (κ1) is 15.9. The van der Waals surface area contributed by atoms with Gasteiger partial charge in [0.25, 0.3) is 0 Å². The molecular formula is C17H19FN2O2. The predicted molar refractivity (Wildman–Crippen MR) is 83.3 cm³/mol. The van der Waals surface area contributed by atoms with E-state index in [2.05, 4.69) is 9.72 Å². The summed E-state index contributed by atoms with van der Waals surface area (Å²) in [4.78, 5) is 17.6. The molecule has 0 atom stereocenters. The number of carbonyl (C=O) groups is 1. The van der Waals surface area contributed by atoms with Crippen molar-refractivity contribution in [3.8, 4) is 0 Å². The van der Waals surface area contributed by atoms with E-state index in [1.807, 2.05) is 36.9 Å². The van der Waals surface area contributed by atoms with E-state index in [0.29, 0.717) is 12.2 Å². The maximum atomic E-state index is 14.4. The van der Waals surface area contributed by atoms with Crippen LogP contribution in [0.1, 0.15) is 29.9 Å². The Morgan fingerprint density at radius 1 is 1.32 bits per heavy atom. The molecule has 0 spiro atoms. The number of aromatic nitrogens is 1. The second kappa shape index (κ2) is 7.02. The number of hydrogen-bond donors (Lipinski definition) is 0. The Bertz CT molecular complexity index is 644. The third-order valence-electron chi connectivity index (χ3n) is 3.36. The molecule has 22 heavy (non-hydrogen) atoms. The minimum absolute atomic E-state index is 0.0838. The van der Waals surface area contributed by atoms with Crippen molar-refractivity contribution in [3.05, 3.63) is 59.7 Å². The van der Waals surface area contributed by atoms with Gasteiger partial charge in [-0.05, 0) is 44.2 Å². The van der Waals surface area contributed by atoms with Crippen molar-refractivity contribution < 1.29 is 13.9 Å². The zero-order valence-corrected chi connectivity index (χ0v) is 12.9. The van der Waals surface area contributed by atoms with E-state index in [1.165, 1.54) is 13.2 Å². The van der Waals surface area contributed by atoms with Gasteiger partial charge in [0.2, 0.25) is 0 Å². The number of benzene rings is 1. The van der Waals surface area contributed by atoms with Crippen LogP contribution in [0.2, 0.25) is 0 Å². The molecule has 0 saturated heterocycles. The number of pyridine rings is 1. The lowest BCUT2D eigenvalue weighted by Gasteiger charge is -2.29. The molecule has 1 heterocycles. The highest BCUT2D eigenvalue weighted by Crippen LogP contribution is 2.24. The van der Waals surface area contributed by atoms with Crippen LogP contribution in [0.5, 0.6) is 0 Å². The molecule has 2 rings (SSSR count). The fourth-order valence-electron chi connectivity index (χ4n) is 2.20. The van der Waals surface area contributed by atoms with E-state index in [-0.39, 0.29) is 11.6 Å². The average Bonchev–Trinajstić information content (AvgIpc) is 2.53. The van der Waals surface area contributed by atoms with Gasteiger partial charge in [-0.25, -0.2) is 9.18 Å². The van der Waals surface area contributed by atoms with Crippen LogP contribution in [-0.2, 0) is 11.3 Å². The summed E-state index contributed by atoms with van der Waals surface area (Å²) >= 11 is 0. The lowest BCUT2D eigenvalue weighted by atomic mass is 10.1. The largest absolute Gasteiger partial charge is 0.465 e. The molecule has 0 amide bonds. The number of nitrogens with zero attached hydrogens (tertiary/aromatic N) is 2. The molecule has 5 heteroatoms. The summed E-state index contributed by atoms with van der Waals surface area (Å²) in [7, 11) is 1.27. The second-order valence-electron chi connectivity index (χ2n) is 5.20. The molecular weight excluding hydrogens is 283 g/mol. The minimum Gasteiger partial charge on any atom is -0.465 e. The molecule has 0 radical (unpaired) electrons. The summed E-state index contributed by atoms with van der Waals surface area (Å²) in [6.45, 7) is 4.46. The third kappa shape index (κ3) is 3.61. The highest BCUT2D eigenvalue weighted by atomic mass is 19.1. The number of halogens is 1. The molecule has 1 aromatic carbocycles. The zero-order valence-electron chi connectivity index (χ0n) is 12.9. The van der Waals surface area contributed by atoms with Gasteiger partial charge in [-0.3, -0.25) is 4.98 Å². The fourth-order valence-corrected chi connectivity index (χ4v) is 2.20. The SMILES string of the molecule is COC(=O)c1ccc(N(Cc2ccccn2)C(C)C)c(F)c1. The smallest absolute Gasteiger partial charge is 0.337 e. The number of anilines is 1. The number of esters is 1. The first-order chi connectivity index (χ1) is 10.5. The molecule has 4 nitrogen and oxygen atoms in total. The zero-order chi connectivity index (χ0) is 16.1. The van der Waals surface area contributed by atoms with Crippen LogP contribution < -0.4 is 4.90 Å². The normalized spacial score (nSPS) is 10.6. The monoisotopic (exact) mass is 302 g/mol. The van der Waals surface area contributed by atoms with Crippen molar-refractivity contribution >= 4 is 11.7 Å². The van der Waals surface area contributed by atoms with E-state index in [4.69, 9.17) is 0 Å². The van der Waals surface area contributed by atoms with Gasteiger partial charge in [0.05, 0.1) is 30.6 Å². The Morgan fingerprint density at radius 2 is 2.09 bits per heavy atom. The predicted octanol–water partition coefficient (Wildman–Crippen LogP) is 3.42. The van der Waals surface area contributed by atoms with Crippen LogP contribution in [0, 0.1) is 5.82 Å². The summed E-state index contributed by atoms with van der Waals surface area (Å²) < 4.78 is 19.0. The first-order valence-electron chi connectivity index (χ1n) is 7.07. The van der Waals surface area contributed by atoms with Crippen LogP contribution in [0.15, 0.2) is 42.6 Å². The summed E-state index contributed by atoms with van der Waals surface area (Å²) in [6.07, 6.45) is 1.71. The van der Waals surface area contributed by atoms with Gasteiger partial charge < -0.3 is 9.64 Å². The molecule has 0 unspecified atom stereocenters. The van der Waals surface area contributed by atoms with E-state index in [0.717, 1.165) is 5.69 Å². The highest BCUT2D eigenvalue weighted by molar-refractivity contribution is 5.89. The van der Waals surface area contributed by atoms with Crippen LogP contribution >= 0.6 is 0 Å². The van der Waals surface area contributed by atoms with Crippen LogP contribution in [0.25, 0.3) is 0 Å². The molecule has 116 valence electrons. The fraction of sp³-hybridized carbons (Fsp3) is 0.294. The summed E-state index contributed by atoms with van der Waals surface area (Å²) in [5, 5.41) is 0. The van der Waals surface area contributed by atoms with E-state index >= 15 is 0 Å². The van der Waals surface area contributed by atoms with Crippen LogP contribution in [0.4, 0.5) is 10.1 Å². The Labute approximate surface area is 129 Å². The average molecular weight is 302 g/mol. The van der Waals surface area contributed by atoms with E-state index in [9.17, 15) is 9.18 Å². The minimum atomic E-state index is -0.550. The highest BCUT2D eigenvalue weighted by Gasteiger charge is 2.18. The van der Waals surface area contributed by atoms with Gasteiger partial charge in [-0.15, -0.1) is 0 Å². The number of methoxy groups -OCH3 is 1. The number of carbonyl (C=O) groups excluding carboxylic acids is 1. The van der Waals surface area contributed by atoms with Crippen molar-refractivity contribution in [1.82, 2.24) is 4.98 Å². The molecule has 0 bridgehead atoms. The molecule has 0 saturated carbocycles. The van der Waals surface area contributed by atoms with Crippen molar-refractivity contribution in [2.45, 2.75) is 26.4 Å². The van der Waals surface area contributed by atoms with Crippen molar-refractivity contribution in [2.75, 3.05) is 12.0 Å². The molecule has 0 fully saturated rings. The van der Waals surface area contributed by atoms with Gasteiger partial charge in [0.1, 0.15) is 5.82 Å². The second-order valence-corrected chi connectivity index (χ2v) is 5.20. The van der Waals surface area contributed by atoms with Crippen molar-refractivity contribution in [2.24, 2.45) is 0 Å². The number of hydrogen-bond acceptors (Lipinski definition) is 4. The first-order valence-corrected chi connectivity index (χ1v) is 7.07. The summed E-state index contributed by atoms with van der Waals surface area (Å²) in [6, 6.07) is 10.1. The standard InChI is InChI=1S/C17H19FN2O2/c1-12(2)20(11-14-6-4-5-9-19-14)16-8-7-13(10-15(16)18)17(21)22-3/h4-10,12H,11H2,1-3H3. The van der Waals surface area contributed by atoms with E-state index < -0.39 is 11.8 Å². The van der Waals surface area contributed by atoms with Gasteiger partial charge >= 0.3 is 5.97 Å². The quantitative estimate of drug-likeness (QED) is 0.794. The maximum Gasteiger partial charge on any atom is 0.337 e. The lowest BCUT2D eigenvalue weighted by molar-refractivity contribution is 0.0600. The van der Waals surface area contributed by atoms with Gasteiger partial charge in [-0.1, -0.05) is 6.07 Å². The number of rotatable bonds is 5. The molecule has 0 N–H and O–H groups in total. The topological polar surface area (TPSA) is 42.4 Å². The Morgan fingerprint density at radius 3 is 2.64 bits per heavy atom. The van der Waals surface area contributed by atoms with Crippen LogP contribution in [-0.4, -0.2) is 24.1 Å². The van der Waals surface area contributed by atoms with Gasteiger partial charge in [0, 0.05) is 12.2 Å². The van der Waals surface area contributed by atoms with E-state index in [1.54, 1.807) is 18.3 Å². The van der Waals surface area contributed by atoms with Crippen LogP contribution in [0.3, 0.4) is 0 Å². The van der Waals surface area contributed by atoms with Gasteiger partial charge in [0.15, 0.2) is 0 Å². The Balaban J connectivity index is 2.31. The Kier molecular flexibility index (Phi) is 5.09. The van der Waals surface area contributed by atoms with Gasteiger partial charge in [-0.2, -0.15) is 0 Å². The number of ether oxygens (including phenoxy) is 1. The lowest BCUT2D eigenvalue weighted by Crippen LogP contribution is -2.31. The summed E-state index contributed by atoms with van der Waals surface area (Å²) in [5.74, 6) is -1.00. The Hall–Kier alpha value is -2.43. The van der Waals surface area contributed by atoms with Crippen molar-refractivity contribution in [3.63, 3.8) is 0 Å². The maximum absolute atomic E-state index is 14.4. The van der Waals surface area contributed by atoms with Crippen molar-refractivity contribution in [1.29, 1.82) is 0 Å². The molecule has 0 aliphatic carbocycles. The third-order valence-corrected chi connectivity index (χ3v) is 3.36. The molecule has 0 aliphatic rings.